The van der Waals surface area contributed by atoms with Crippen LogP contribution in [0, 0.1) is 0 Å². The Hall–Kier alpha value is -3.59. The highest BCUT2D eigenvalue weighted by molar-refractivity contribution is 7.80. The van der Waals surface area contributed by atoms with E-state index in [1.807, 2.05) is 0 Å². The Morgan fingerprint density at radius 2 is 1.57 bits per heavy atom. The summed E-state index contributed by atoms with van der Waals surface area (Å²) in [6.45, 7) is 1.38. The first-order chi connectivity index (χ1) is 14.4. The highest BCUT2D eigenvalue weighted by Gasteiger charge is 2.18. The Morgan fingerprint density at radius 3 is 2.17 bits per heavy atom. The number of methoxy groups -OCH3 is 3. The van der Waals surface area contributed by atoms with Crippen LogP contribution in [0.15, 0.2) is 42.6 Å². The Labute approximate surface area is 179 Å². The molecule has 0 fully saturated rings. The molecule has 0 aliphatic rings. The van der Waals surface area contributed by atoms with E-state index in [1.165, 1.54) is 18.9 Å². The van der Waals surface area contributed by atoms with Crippen molar-refractivity contribution < 1.29 is 23.7 Å². The van der Waals surface area contributed by atoms with Gasteiger partial charge in [0.05, 0.1) is 32.5 Å². The van der Waals surface area contributed by atoms with Crippen LogP contribution in [0.5, 0.6) is 28.7 Å². The smallest absolute Gasteiger partial charge is 0.230 e. The fourth-order valence-corrected chi connectivity index (χ4v) is 3.23. The van der Waals surface area contributed by atoms with Gasteiger partial charge in [0, 0.05) is 30.6 Å². The van der Waals surface area contributed by atoms with Crippen molar-refractivity contribution in [3.8, 4) is 28.7 Å². The third kappa shape index (κ3) is 4.06. The average Bonchev–Trinajstić information content (AvgIpc) is 2.73. The van der Waals surface area contributed by atoms with Gasteiger partial charge in [-0.05, 0) is 36.5 Å². The summed E-state index contributed by atoms with van der Waals surface area (Å²) in [5, 5.41) is 0.675. The molecule has 156 valence electrons. The van der Waals surface area contributed by atoms with Gasteiger partial charge in [-0.1, -0.05) is 0 Å². The van der Waals surface area contributed by atoms with Gasteiger partial charge in [0.1, 0.15) is 5.75 Å². The quantitative estimate of drug-likeness (QED) is 0.596. The van der Waals surface area contributed by atoms with Gasteiger partial charge in [-0.3, -0.25) is 14.7 Å². The lowest BCUT2D eigenvalue weighted by molar-refractivity contribution is -0.115. The van der Waals surface area contributed by atoms with Crippen molar-refractivity contribution in [1.29, 1.82) is 0 Å². The maximum absolute atomic E-state index is 11.9. The summed E-state index contributed by atoms with van der Waals surface area (Å²) < 4.78 is 22.3. The van der Waals surface area contributed by atoms with Crippen molar-refractivity contribution in [3.63, 3.8) is 0 Å². The van der Waals surface area contributed by atoms with Crippen LogP contribution in [0.3, 0.4) is 0 Å². The number of aromatic nitrogens is 1. The van der Waals surface area contributed by atoms with Crippen molar-refractivity contribution in [1.82, 2.24) is 4.98 Å². The van der Waals surface area contributed by atoms with Crippen LogP contribution in [0.4, 0.5) is 5.69 Å². The second-order valence-electron chi connectivity index (χ2n) is 6.16. The molecule has 0 atom stereocenters. The first-order valence-electron chi connectivity index (χ1n) is 8.86. The van der Waals surface area contributed by atoms with E-state index < -0.39 is 0 Å². The third-order valence-electron chi connectivity index (χ3n) is 4.37. The summed E-state index contributed by atoms with van der Waals surface area (Å²) in [6.07, 6.45) is 1.63. The van der Waals surface area contributed by atoms with Gasteiger partial charge in [0.25, 0.3) is 0 Å². The van der Waals surface area contributed by atoms with Gasteiger partial charge in [0.15, 0.2) is 28.1 Å². The number of hydrogen-bond donors (Lipinski definition) is 1. The maximum atomic E-state index is 11.9. The molecular formula is C21H21N3O5S. The summed E-state index contributed by atoms with van der Waals surface area (Å²) in [5.74, 6) is 2.21. The van der Waals surface area contributed by atoms with Crippen molar-refractivity contribution in [2.24, 2.45) is 5.73 Å². The predicted molar refractivity (Wildman–Crippen MR) is 118 cm³/mol. The Morgan fingerprint density at radius 1 is 0.933 bits per heavy atom. The number of fused-ring (bicyclic) bond motifs is 1. The minimum Gasteiger partial charge on any atom is -0.493 e. The molecule has 3 aromatic rings. The monoisotopic (exact) mass is 427 g/mol. The van der Waals surface area contributed by atoms with E-state index in [2.05, 4.69) is 4.98 Å². The summed E-state index contributed by atoms with van der Waals surface area (Å²) in [4.78, 5) is 17.5. The molecule has 9 heteroatoms. The lowest BCUT2D eigenvalue weighted by atomic mass is 10.1. The summed E-state index contributed by atoms with van der Waals surface area (Å²) in [7, 11) is 4.63. The second-order valence-corrected chi connectivity index (χ2v) is 6.58. The van der Waals surface area contributed by atoms with Gasteiger partial charge in [-0.2, -0.15) is 0 Å². The normalized spacial score (nSPS) is 10.4. The Bertz CT molecular complexity index is 1110. The Balaban J connectivity index is 2.05. The molecule has 1 aromatic heterocycles. The lowest BCUT2D eigenvalue weighted by Crippen LogP contribution is -2.39. The third-order valence-corrected chi connectivity index (χ3v) is 4.55. The number of nitrogens with zero attached hydrogens (tertiary/aromatic N) is 2. The molecule has 2 N–H and O–H groups in total. The van der Waals surface area contributed by atoms with Crippen molar-refractivity contribution in [2.75, 3.05) is 26.2 Å². The molecule has 1 heterocycles. The molecule has 3 rings (SSSR count). The van der Waals surface area contributed by atoms with Crippen LogP contribution in [0.2, 0.25) is 0 Å². The van der Waals surface area contributed by atoms with E-state index in [9.17, 15) is 4.79 Å². The van der Waals surface area contributed by atoms with Crippen molar-refractivity contribution in [3.05, 3.63) is 42.6 Å². The first-order valence-corrected chi connectivity index (χ1v) is 9.27. The van der Waals surface area contributed by atoms with E-state index in [1.54, 1.807) is 56.8 Å². The number of anilines is 1. The number of amides is 1. The van der Waals surface area contributed by atoms with Crippen LogP contribution < -0.4 is 29.6 Å². The summed E-state index contributed by atoms with van der Waals surface area (Å²) in [6, 6.07) is 10.3. The fraction of sp³-hybridized carbons (Fsp3) is 0.190. The number of ether oxygens (including phenoxy) is 4. The molecule has 0 bridgehead atoms. The van der Waals surface area contributed by atoms with Gasteiger partial charge >= 0.3 is 0 Å². The number of pyridine rings is 1. The average molecular weight is 427 g/mol. The molecular weight excluding hydrogens is 406 g/mol. The summed E-state index contributed by atoms with van der Waals surface area (Å²) in [5.41, 5.74) is 6.83. The molecule has 0 spiro atoms. The SMILES string of the molecule is COc1cc2nccc(Oc3ccc(N(C(C)=O)C(N)=S)cc3OC)c2cc1OC. The van der Waals surface area contributed by atoms with E-state index >= 15 is 0 Å². The van der Waals surface area contributed by atoms with Crippen LogP contribution >= 0.6 is 12.2 Å². The van der Waals surface area contributed by atoms with Gasteiger partial charge in [-0.15, -0.1) is 0 Å². The van der Waals surface area contributed by atoms with Gasteiger partial charge < -0.3 is 24.7 Å². The van der Waals surface area contributed by atoms with E-state index in [0.29, 0.717) is 40.0 Å². The molecule has 0 radical (unpaired) electrons. The van der Waals surface area contributed by atoms with E-state index in [-0.39, 0.29) is 11.0 Å². The molecule has 0 aliphatic carbocycles. The summed E-state index contributed by atoms with van der Waals surface area (Å²) >= 11 is 4.97. The standard InChI is InChI=1S/C21H21N3O5S/c1-12(25)24(21(22)30)13-5-6-17(18(9-13)26-2)29-16-7-8-23-15-11-20(28-4)19(27-3)10-14(15)16/h5-11H,1-4H3,(H2,22,30). The lowest BCUT2D eigenvalue weighted by Gasteiger charge is -2.20. The highest BCUT2D eigenvalue weighted by Crippen LogP contribution is 2.40. The largest absolute Gasteiger partial charge is 0.493 e. The number of carbonyl (C=O) groups is 1. The minimum absolute atomic E-state index is 0.0561. The second kappa shape index (κ2) is 8.83. The molecule has 2 aromatic carbocycles. The van der Waals surface area contributed by atoms with Crippen LogP contribution in [0.1, 0.15) is 6.92 Å². The molecule has 0 saturated heterocycles. The van der Waals surface area contributed by atoms with Crippen LogP contribution in [-0.2, 0) is 4.79 Å². The number of carbonyl (C=O) groups excluding carboxylic acids is 1. The van der Waals surface area contributed by atoms with Crippen LogP contribution in [-0.4, -0.2) is 37.3 Å². The van der Waals surface area contributed by atoms with Gasteiger partial charge in [0.2, 0.25) is 5.91 Å². The zero-order valence-corrected chi connectivity index (χ0v) is 17.8. The van der Waals surface area contributed by atoms with Crippen LogP contribution in [0.25, 0.3) is 10.9 Å². The fourth-order valence-electron chi connectivity index (χ4n) is 3.00. The number of nitrogens with two attached hydrogens (primary N) is 1. The highest BCUT2D eigenvalue weighted by atomic mass is 32.1. The number of thiocarbonyl (C=S) groups is 1. The minimum atomic E-state index is -0.306. The number of hydrogen-bond acceptors (Lipinski definition) is 7. The predicted octanol–water partition coefficient (Wildman–Crippen LogP) is 3.65. The maximum Gasteiger partial charge on any atom is 0.230 e. The van der Waals surface area contributed by atoms with E-state index in [0.717, 1.165) is 5.39 Å². The first kappa shape index (κ1) is 21.1. The zero-order valence-electron chi connectivity index (χ0n) is 17.0. The van der Waals surface area contributed by atoms with Gasteiger partial charge in [-0.25, -0.2) is 0 Å². The van der Waals surface area contributed by atoms with E-state index in [4.69, 9.17) is 36.9 Å². The van der Waals surface area contributed by atoms with Crippen molar-refractivity contribution >= 4 is 39.8 Å². The molecule has 0 unspecified atom stereocenters. The van der Waals surface area contributed by atoms with Crippen molar-refractivity contribution in [2.45, 2.75) is 6.92 Å². The molecule has 30 heavy (non-hydrogen) atoms. The molecule has 0 aliphatic heterocycles. The zero-order chi connectivity index (χ0) is 21.8. The molecule has 1 amide bonds. The molecule has 0 saturated carbocycles. The number of rotatable bonds is 6. The molecule has 8 nitrogen and oxygen atoms in total. The number of benzene rings is 2. The Kier molecular flexibility index (Phi) is 6.22. The topological polar surface area (TPSA) is 96.1 Å².